The number of nitrogens with one attached hydrogen (secondary N) is 3. The average Bonchev–Trinajstić information content (AvgIpc) is 3.38. The fraction of sp³-hybridized carbons (Fsp3) is 0.286. The Morgan fingerprint density at radius 2 is 2.05 bits per heavy atom. The second-order valence-corrected chi connectivity index (χ2v) is 9.37. The number of hydrogen-bond donors (Lipinski definition) is 5. The summed E-state index contributed by atoms with van der Waals surface area (Å²) in [6.07, 6.45) is 9.91. The van der Waals surface area contributed by atoms with E-state index in [1.807, 2.05) is 24.3 Å². The average molecular weight is 566 g/mol. The number of aromatic amines is 1. The van der Waals surface area contributed by atoms with Gasteiger partial charge in [-0.05, 0) is 44.9 Å². The van der Waals surface area contributed by atoms with Gasteiger partial charge in [-0.2, -0.15) is 10.4 Å². The van der Waals surface area contributed by atoms with Crippen LogP contribution in [0.3, 0.4) is 0 Å². The van der Waals surface area contributed by atoms with E-state index < -0.39 is 17.8 Å². The maximum absolute atomic E-state index is 14.7. The van der Waals surface area contributed by atoms with Crippen molar-refractivity contribution in [3.8, 4) is 17.3 Å². The Kier molecular flexibility index (Phi) is 11.1. The van der Waals surface area contributed by atoms with Gasteiger partial charge in [0.2, 0.25) is 5.91 Å². The molecule has 1 aromatic heterocycles. The first kappa shape index (κ1) is 30.1. The number of rotatable bonds is 7. The third-order valence-electron chi connectivity index (χ3n) is 6.27. The lowest BCUT2D eigenvalue weighted by Gasteiger charge is -2.20. The van der Waals surface area contributed by atoms with Crippen molar-refractivity contribution in [1.29, 1.82) is 5.26 Å². The molecule has 7 N–H and O–H groups in total. The number of amides is 1. The van der Waals surface area contributed by atoms with Crippen LogP contribution in [0.15, 0.2) is 76.3 Å². The summed E-state index contributed by atoms with van der Waals surface area (Å²) in [6, 6.07) is 9.55. The predicted molar refractivity (Wildman–Crippen MR) is 156 cm³/mol. The Morgan fingerprint density at radius 3 is 2.75 bits per heavy atom. The zero-order valence-corrected chi connectivity index (χ0v) is 23.1. The number of carbonyl (C=O) groups excluding carboxylic acids is 1. The van der Waals surface area contributed by atoms with Crippen LogP contribution in [0.4, 0.5) is 10.1 Å². The van der Waals surface area contributed by atoms with Gasteiger partial charge in [-0.3, -0.25) is 9.80 Å². The molecule has 1 aromatic carbocycles. The zero-order chi connectivity index (χ0) is 29.1. The minimum Gasteiger partial charge on any atom is -0.382 e. The molecule has 0 fully saturated rings. The highest BCUT2D eigenvalue weighted by atomic mass is 35.5. The monoisotopic (exact) mass is 565 g/mol. The van der Waals surface area contributed by atoms with Crippen molar-refractivity contribution in [2.45, 2.75) is 51.6 Å². The molecule has 12 heteroatoms. The van der Waals surface area contributed by atoms with Crippen LogP contribution < -0.4 is 22.3 Å². The van der Waals surface area contributed by atoms with E-state index in [2.05, 4.69) is 33.7 Å². The largest absolute Gasteiger partial charge is 0.382 e. The number of halogens is 2. The predicted octanol–water partition coefficient (Wildman–Crippen LogP) is 4.99. The van der Waals surface area contributed by atoms with E-state index in [1.165, 1.54) is 18.2 Å². The number of fused-ring (bicyclic) bond motifs is 4. The molecule has 0 unspecified atom stereocenters. The fourth-order valence-corrected chi connectivity index (χ4v) is 4.51. The second kappa shape index (κ2) is 14.7. The number of nitriles is 1. The maximum atomic E-state index is 14.7. The quantitative estimate of drug-likeness (QED) is 0.0788. The Bertz CT molecular complexity index is 1390. The number of carbonyl (C=O) groups is 1. The summed E-state index contributed by atoms with van der Waals surface area (Å²) in [4.78, 5) is 20.9. The Morgan fingerprint density at radius 1 is 1.30 bits per heavy atom. The van der Waals surface area contributed by atoms with Crippen molar-refractivity contribution >= 4 is 29.5 Å². The van der Waals surface area contributed by atoms with Crippen LogP contribution in [0.1, 0.15) is 57.1 Å². The minimum atomic E-state index is -0.818. The van der Waals surface area contributed by atoms with E-state index in [0.29, 0.717) is 23.6 Å². The van der Waals surface area contributed by atoms with E-state index in [9.17, 15) is 14.4 Å². The van der Waals surface area contributed by atoms with Crippen LogP contribution in [-0.2, 0) is 4.79 Å². The van der Waals surface area contributed by atoms with Gasteiger partial charge >= 0.3 is 0 Å². The summed E-state index contributed by atoms with van der Waals surface area (Å²) >= 11 is 5.64. The van der Waals surface area contributed by atoms with Gasteiger partial charge in [0.25, 0.3) is 0 Å². The van der Waals surface area contributed by atoms with Gasteiger partial charge in [0, 0.05) is 34.5 Å². The van der Waals surface area contributed by atoms with Crippen LogP contribution >= 0.6 is 11.6 Å². The molecule has 2 heterocycles. The summed E-state index contributed by atoms with van der Waals surface area (Å²) in [7, 11) is 0. The number of H-pyrrole nitrogens is 1. The first-order chi connectivity index (χ1) is 19.3. The van der Waals surface area contributed by atoms with Crippen molar-refractivity contribution in [1.82, 2.24) is 20.3 Å². The normalized spacial score (nSPS) is 18.9. The van der Waals surface area contributed by atoms with Crippen LogP contribution in [0, 0.1) is 11.3 Å². The number of allylic oxidation sites excluding steroid dienone is 5. The summed E-state index contributed by atoms with van der Waals surface area (Å²) in [5.74, 6) is 10.2. The number of nitrogens with zero attached hydrogens (tertiary/aromatic N) is 4. The van der Waals surface area contributed by atoms with Gasteiger partial charge < -0.3 is 21.5 Å². The van der Waals surface area contributed by atoms with Crippen LogP contribution in [-0.4, -0.2) is 33.3 Å². The number of aromatic nitrogens is 2. The van der Waals surface area contributed by atoms with Crippen molar-refractivity contribution < 1.29 is 9.18 Å². The number of hydrogen-bond acceptors (Lipinski definition) is 7. The second-order valence-electron chi connectivity index (χ2n) is 9.16. The standard InChI is InChI=1S/C28H33ClFN9O/c1-3-8-25(39(33)17-34-32)19(21(30)15-29)13-14-26(40)36-23-12-6-4-9-18(2)35-22-11-7-5-10-20(22)27-24(16-31)37-28(23)38-27/h3,5,7-8,10-11,13-15,17-18,23,35H,4,6,9,12,32-33H2,1-2H3,(H,36,40)(H,37,38)/b8-3-,14-13+,21-15-,25-19+,34-17-/t18-,23-/m0/s1. The number of imidazole rings is 1. The number of hydrazone groups is 1. The Balaban J connectivity index is 1.98. The summed E-state index contributed by atoms with van der Waals surface area (Å²) in [5, 5.41) is 20.7. The van der Waals surface area contributed by atoms with Gasteiger partial charge in [0.15, 0.2) is 0 Å². The van der Waals surface area contributed by atoms with E-state index in [1.54, 1.807) is 13.0 Å². The van der Waals surface area contributed by atoms with Crippen LogP contribution in [0.2, 0.25) is 0 Å². The number of nitrogens with two attached hydrogens (primary N) is 2. The molecular weight excluding hydrogens is 533 g/mol. The van der Waals surface area contributed by atoms with Crippen molar-refractivity contribution in [2.75, 3.05) is 5.32 Å². The lowest BCUT2D eigenvalue weighted by molar-refractivity contribution is -0.117. The minimum absolute atomic E-state index is 0.0607. The fourth-order valence-electron chi connectivity index (χ4n) is 4.39. The number of hydrazine groups is 1. The van der Waals surface area contributed by atoms with E-state index in [-0.39, 0.29) is 17.3 Å². The van der Waals surface area contributed by atoms with Gasteiger partial charge in [-0.15, -0.1) is 0 Å². The third-order valence-corrected chi connectivity index (χ3v) is 6.46. The van der Waals surface area contributed by atoms with Gasteiger partial charge in [-0.25, -0.2) is 15.2 Å². The molecule has 10 nitrogen and oxygen atoms in total. The molecule has 2 aromatic rings. The summed E-state index contributed by atoms with van der Waals surface area (Å²) < 4.78 is 14.7. The molecule has 40 heavy (non-hydrogen) atoms. The van der Waals surface area contributed by atoms with Crippen LogP contribution in [0.5, 0.6) is 0 Å². The maximum Gasteiger partial charge on any atom is 0.244 e. The molecule has 1 aliphatic heterocycles. The first-order valence-electron chi connectivity index (χ1n) is 12.8. The highest BCUT2D eigenvalue weighted by molar-refractivity contribution is 6.25. The lowest BCUT2D eigenvalue weighted by Crippen LogP contribution is -2.30. The Labute approximate surface area is 237 Å². The zero-order valence-electron chi connectivity index (χ0n) is 22.4. The molecule has 3 rings (SSSR count). The van der Waals surface area contributed by atoms with Crippen molar-refractivity contribution in [2.24, 2.45) is 16.8 Å². The molecule has 1 amide bonds. The van der Waals surface area contributed by atoms with E-state index in [0.717, 1.165) is 47.4 Å². The van der Waals surface area contributed by atoms with Crippen molar-refractivity contribution in [3.05, 3.63) is 82.7 Å². The number of para-hydroxylation sites is 1. The first-order valence-corrected chi connectivity index (χ1v) is 13.2. The molecule has 0 spiro atoms. The number of anilines is 1. The summed E-state index contributed by atoms with van der Waals surface area (Å²) in [5.41, 5.74) is 3.32. The molecule has 210 valence electrons. The third kappa shape index (κ3) is 7.59. The molecule has 0 radical (unpaired) electrons. The Hall–Kier alpha value is -4.40. The molecule has 2 bridgehead atoms. The molecule has 0 saturated carbocycles. The molecular formula is C28H33ClFN9O. The SMILES string of the molecule is C\C=C/C(=C(/C=C/C(=O)N[C@H]1CCCC[C@H](C)Nc2ccccc2-c2nc1[nH]c2C#N)C(\F)=C\Cl)N(N)/C=N\N. The van der Waals surface area contributed by atoms with Crippen LogP contribution in [0.25, 0.3) is 11.3 Å². The molecule has 0 aliphatic carbocycles. The highest BCUT2D eigenvalue weighted by Crippen LogP contribution is 2.32. The molecule has 2 atom stereocenters. The van der Waals surface area contributed by atoms with E-state index >= 15 is 0 Å². The topological polar surface area (TPSA) is 161 Å². The molecule has 0 saturated heterocycles. The molecule has 1 aliphatic rings. The van der Waals surface area contributed by atoms with Gasteiger partial charge in [0.05, 0.1) is 11.7 Å². The highest BCUT2D eigenvalue weighted by Gasteiger charge is 2.23. The summed E-state index contributed by atoms with van der Waals surface area (Å²) in [6.45, 7) is 3.83. The van der Waals surface area contributed by atoms with Gasteiger partial charge in [0.1, 0.15) is 35.4 Å². The number of benzene rings is 1. The van der Waals surface area contributed by atoms with Gasteiger partial charge in [-0.1, -0.05) is 48.7 Å². The van der Waals surface area contributed by atoms with Crippen molar-refractivity contribution in [3.63, 3.8) is 0 Å². The van der Waals surface area contributed by atoms with E-state index in [4.69, 9.17) is 28.3 Å². The lowest BCUT2D eigenvalue weighted by atomic mass is 10.0. The smallest absolute Gasteiger partial charge is 0.244 e.